The standard InChI is InChI=1S/C22H36N6O.HI/c1-4-23-22(24-16-18(3)27-13-11-26(5-2)12-14-27)25-19-15-21(29)28(17-19)20-9-7-6-8-10-20;/h6-10,18-19H,4-5,11-17H2,1-3H3,(H2,23,24,25);1H. The maximum Gasteiger partial charge on any atom is 0.229 e. The SMILES string of the molecule is CCNC(=NCC(C)N1CCN(CC)CC1)NC1CC(=O)N(c2ccccc2)C1.I. The van der Waals surface area contributed by atoms with Crippen LogP contribution in [0.1, 0.15) is 27.2 Å². The molecular weight excluding hydrogens is 491 g/mol. The van der Waals surface area contributed by atoms with Gasteiger partial charge in [0.15, 0.2) is 5.96 Å². The number of carbonyl (C=O) groups is 1. The number of rotatable bonds is 7. The molecule has 2 fully saturated rings. The number of para-hydroxylation sites is 1. The molecule has 168 valence electrons. The zero-order valence-electron chi connectivity index (χ0n) is 18.5. The van der Waals surface area contributed by atoms with Crippen LogP contribution in [0.3, 0.4) is 0 Å². The minimum atomic E-state index is 0. The minimum absolute atomic E-state index is 0. The van der Waals surface area contributed by atoms with Crippen LogP contribution in [0.15, 0.2) is 35.3 Å². The van der Waals surface area contributed by atoms with Crippen molar-refractivity contribution in [3.63, 3.8) is 0 Å². The third-order valence-corrected chi connectivity index (χ3v) is 5.87. The third kappa shape index (κ3) is 6.81. The molecule has 0 aromatic heterocycles. The molecule has 0 bridgehead atoms. The fourth-order valence-corrected chi connectivity index (χ4v) is 4.03. The van der Waals surface area contributed by atoms with Gasteiger partial charge in [0.25, 0.3) is 0 Å². The number of guanidine groups is 1. The Kier molecular flexibility index (Phi) is 10.3. The Hall–Kier alpha value is -1.39. The van der Waals surface area contributed by atoms with E-state index < -0.39 is 0 Å². The van der Waals surface area contributed by atoms with Gasteiger partial charge in [-0.05, 0) is 32.5 Å². The van der Waals surface area contributed by atoms with Crippen molar-refractivity contribution in [2.75, 3.05) is 57.3 Å². The Bertz CT molecular complexity index is 677. The van der Waals surface area contributed by atoms with Crippen LogP contribution >= 0.6 is 24.0 Å². The molecule has 1 aromatic carbocycles. The molecule has 2 aliphatic heterocycles. The summed E-state index contributed by atoms with van der Waals surface area (Å²) in [7, 11) is 0. The van der Waals surface area contributed by atoms with Gasteiger partial charge in [0.05, 0.1) is 12.6 Å². The molecule has 0 spiro atoms. The van der Waals surface area contributed by atoms with Gasteiger partial charge in [0.2, 0.25) is 5.91 Å². The molecule has 8 heteroatoms. The Morgan fingerprint density at radius 3 is 2.50 bits per heavy atom. The number of hydrogen-bond donors (Lipinski definition) is 2. The number of aliphatic imine (C=N–C) groups is 1. The molecule has 0 radical (unpaired) electrons. The first-order valence-electron chi connectivity index (χ1n) is 11.0. The molecular formula is C22H37IN6O. The van der Waals surface area contributed by atoms with E-state index >= 15 is 0 Å². The first-order chi connectivity index (χ1) is 14.1. The summed E-state index contributed by atoms with van der Waals surface area (Å²) in [6.07, 6.45) is 0.494. The van der Waals surface area contributed by atoms with Crippen molar-refractivity contribution in [3.8, 4) is 0 Å². The Morgan fingerprint density at radius 1 is 1.17 bits per heavy atom. The third-order valence-electron chi connectivity index (χ3n) is 5.87. The van der Waals surface area contributed by atoms with Gasteiger partial charge in [0.1, 0.15) is 0 Å². The van der Waals surface area contributed by atoms with Gasteiger partial charge in [-0.25, -0.2) is 0 Å². The summed E-state index contributed by atoms with van der Waals surface area (Å²) in [6, 6.07) is 10.4. The van der Waals surface area contributed by atoms with Gasteiger partial charge in [-0.2, -0.15) is 0 Å². The van der Waals surface area contributed by atoms with Gasteiger partial charge in [0, 0.05) is 57.4 Å². The van der Waals surface area contributed by atoms with E-state index in [2.05, 4.69) is 41.2 Å². The van der Waals surface area contributed by atoms with Crippen molar-refractivity contribution in [3.05, 3.63) is 30.3 Å². The van der Waals surface area contributed by atoms with E-state index in [4.69, 9.17) is 4.99 Å². The second kappa shape index (κ2) is 12.5. The first kappa shape index (κ1) is 24.9. The van der Waals surface area contributed by atoms with Crippen molar-refractivity contribution in [2.45, 2.75) is 39.3 Å². The van der Waals surface area contributed by atoms with E-state index in [1.54, 1.807) is 0 Å². The molecule has 2 N–H and O–H groups in total. The van der Waals surface area contributed by atoms with Crippen LogP contribution in [0.4, 0.5) is 5.69 Å². The van der Waals surface area contributed by atoms with Crippen LogP contribution in [-0.2, 0) is 4.79 Å². The second-order valence-electron chi connectivity index (χ2n) is 7.92. The number of carbonyl (C=O) groups excluding carboxylic acids is 1. The van der Waals surface area contributed by atoms with Crippen molar-refractivity contribution in [1.82, 2.24) is 20.4 Å². The minimum Gasteiger partial charge on any atom is -0.357 e. The first-order valence-corrected chi connectivity index (χ1v) is 11.0. The zero-order chi connectivity index (χ0) is 20.6. The average molecular weight is 528 g/mol. The fraction of sp³-hybridized carbons (Fsp3) is 0.636. The molecule has 1 amide bonds. The number of anilines is 1. The summed E-state index contributed by atoms with van der Waals surface area (Å²) in [4.78, 5) is 24.2. The topological polar surface area (TPSA) is 63.2 Å². The van der Waals surface area contributed by atoms with Crippen molar-refractivity contribution < 1.29 is 4.79 Å². The van der Waals surface area contributed by atoms with Gasteiger partial charge >= 0.3 is 0 Å². The van der Waals surface area contributed by atoms with Crippen molar-refractivity contribution in [1.29, 1.82) is 0 Å². The summed E-state index contributed by atoms with van der Waals surface area (Å²) >= 11 is 0. The molecule has 0 aliphatic carbocycles. The van der Waals surface area contributed by atoms with Crippen LogP contribution in [0.5, 0.6) is 0 Å². The van der Waals surface area contributed by atoms with Gasteiger partial charge in [-0.15, -0.1) is 24.0 Å². The van der Waals surface area contributed by atoms with E-state index in [1.165, 1.54) is 0 Å². The molecule has 30 heavy (non-hydrogen) atoms. The molecule has 2 unspecified atom stereocenters. The van der Waals surface area contributed by atoms with Crippen LogP contribution in [-0.4, -0.2) is 86.1 Å². The van der Waals surface area contributed by atoms with E-state index in [-0.39, 0.29) is 35.9 Å². The highest BCUT2D eigenvalue weighted by atomic mass is 127. The summed E-state index contributed by atoms with van der Waals surface area (Å²) in [5.74, 6) is 0.964. The maximum absolute atomic E-state index is 12.5. The number of likely N-dealkylation sites (N-methyl/N-ethyl adjacent to an activating group) is 1. The molecule has 2 saturated heterocycles. The van der Waals surface area contributed by atoms with Gasteiger partial charge in [-0.1, -0.05) is 25.1 Å². The summed E-state index contributed by atoms with van der Waals surface area (Å²) in [5, 5.41) is 6.81. The Labute approximate surface area is 198 Å². The smallest absolute Gasteiger partial charge is 0.229 e. The Morgan fingerprint density at radius 2 is 1.87 bits per heavy atom. The molecule has 7 nitrogen and oxygen atoms in total. The van der Waals surface area contributed by atoms with Gasteiger partial charge < -0.3 is 20.4 Å². The number of piperazine rings is 1. The van der Waals surface area contributed by atoms with Crippen LogP contribution in [0, 0.1) is 0 Å². The monoisotopic (exact) mass is 528 g/mol. The lowest BCUT2D eigenvalue weighted by Gasteiger charge is -2.37. The molecule has 2 atom stereocenters. The van der Waals surface area contributed by atoms with Crippen LogP contribution in [0.2, 0.25) is 0 Å². The number of amides is 1. The largest absolute Gasteiger partial charge is 0.357 e. The lowest BCUT2D eigenvalue weighted by Crippen LogP contribution is -2.50. The lowest BCUT2D eigenvalue weighted by molar-refractivity contribution is -0.117. The number of benzene rings is 1. The summed E-state index contributed by atoms with van der Waals surface area (Å²) < 4.78 is 0. The molecule has 2 aliphatic rings. The predicted octanol–water partition coefficient (Wildman–Crippen LogP) is 1.99. The highest BCUT2D eigenvalue weighted by Gasteiger charge is 2.31. The maximum atomic E-state index is 12.5. The highest BCUT2D eigenvalue weighted by Crippen LogP contribution is 2.21. The summed E-state index contributed by atoms with van der Waals surface area (Å²) in [5.41, 5.74) is 0.962. The number of halogens is 1. The summed E-state index contributed by atoms with van der Waals surface area (Å²) in [6.45, 7) is 14.4. The molecule has 1 aromatic rings. The number of hydrogen-bond acceptors (Lipinski definition) is 4. The normalized spacial score (nSPS) is 22.0. The molecule has 0 saturated carbocycles. The van der Waals surface area contributed by atoms with Crippen LogP contribution in [0.25, 0.3) is 0 Å². The van der Waals surface area contributed by atoms with Crippen molar-refractivity contribution in [2.24, 2.45) is 4.99 Å². The van der Waals surface area contributed by atoms with E-state index in [1.807, 2.05) is 35.2 Å². The second-order valence-corrected chi connectivity index (χ2v) is 7.92. The molecule has 2 heterocycles. The highest BCUT2D eigenvalue weighted by molar-refractivity contribution is 14.0. The predicted molar refractivity (Wildman–Crippen MR) is 135 cm³/mol. The van der Waals surface area contributed by atoms with Gasteiger partial charge in [-0.3, -0.25) is 14.7 Å². The number of nitrogens with zero attached hydrogens (tertiary/aromatic N) is 4. The zero-order valence-corrected chi connectivity index (χ0v) is 20.8. The van der Waals surface area contributed by atoms with E-state index in [9.17, 15) is 4.79 Å². The lowest BCUT2D eigenvalue weighted by atomic mass is 10.2. The number of nitrogens with one attached hydrogen (secondary N) is 2. The Balaban J connectivity index is 0.00000320. The quantitative estimate of drug-likeness (QED) is 0.322. The van der Waals surface area contributed by atoms with E-state index in [0.717, 1.165) is 57.5 Å². The van der Waals surface area contributed by atoms with Crippen LogP contribution < -0.4 is 15.5 Å². The average Bonchev–Trinajstić information content (AvgIpc) is 3.12. The van der Waals surface area contributed by atoms with E-state index in [0.29, 0.717) is 19.0 Å². The fourth-order valence-electron chi connectivity index (χ4n) is 4.03. The molecule has 3 rings (SSSR count). The van der Waals surface area contributed by atoms with Crippen molar-refractivity contribution >= 4 is 41.5 Å².